The van der Waals surface area contributed by atoms with Crippen LogP contribution in [0, 0.1) is 17.6 Å². The number of benzene rings is 1. The Morgan fingerprint density at radius 3 is 2.54 bits per heavy atom. The first-order chi connectivity index (χ1) is 11.5. The Labute approximate surface area is 143 Å². The fraction of sp³-hybridized carbons (Fsp3) is 0.632. The third-order valence-corrected chi connectivity index (χ3v) is 4.99. The summed E-state index contributed by atoms with van der Waals surface area (Å²) in [7, 11) is 0. The Hall–Kier alpha value is -1.49. The fourth-order valence-corrected chi connectivity index (χ4v) is 3.39. The van der Waals surface area contributed by atoms with Crippen LogP contribution in [0.5, 0.6) is 0 Å². The third-order valence-electron chi connectivity index (χ3n) is 4.99. The minimum Gasteiger partial charge on any atom is -0.341 e. The molecule has 0 aliphatic carbocycles. The van der Waals surface area contributed by atoms with Crippen LogP contribution >= 0.6 is 0 Å². The number of hydrogen-bond acceptors (Lipinski definition) is 2. The van der Waals surface area contributed by atoms with Crippen LogP contribution in [0.3, 0.4) is 0 Å². The Kier molecular flexibility index (Phi) is 7.16. The van der Waals surface area contributed by atoms with E-state index in [1.165, 1.54) is 18.2 Å². The minimum atomic E-state index is -0.472. The molecule has 0 radical (unpaired) electrons. The molecule has 5 heteroatoms. The predicted octanol–water partition coefficient (Wildman–Crippen LogP) is 3.48. The lowest BCUT2D eigenvalue weighted by molar-refractivity contribution is -0.134. The van der Waals surface area contributed by atoms with Crippen molar-refractivity contribution in [1.29, 1.82) is 0 Å². The van der Waals surface area contributed by atoms with Gasteiger partial charge in [0.2, 0.25) is 5.91 Å². The highest BCUT2D eigenvalue weighted by atomic mass is 19.1. The molecule has 2 rings (SSSR count). The molecule has 1 aromatic carbocycles. The van der Waals surface area contributed by atoms with Gasteiger partial charge in [-0.1, -0.05) is 19.9 Å². The summed E-state index contributed by atoms with van der Waals surface area (Å²) in [6, 6.07) is 4.00. The number of nitrogens with zero attached hydrogens (tertiary/aromatic N) is 2. The molecule has 3 nitrogen and oxygen atoms in total. The van der Waals surface area contributed by atoms with Crippen molar-refractivity contribution < 1.29 is 13.6 Å². The van der Waals surface area contributed by atoms with Crippen LogP contribution < -0.4 is 0 Å². The Morgan fingerprint density at radius 2 is 1.92 bits per heavy atom. The first-order valence-electron chi connectivity index (χ1n) is 8.98. The van der Waals surface area contributed by atoms with Crippen LogP contribution in [-0.2, 0) is 11.2 Å². The highest BCUT2D eigenvalue weighted by Gasteiger charge is 2.24. The van der Waals surface area contributed by atoms with Crippen LogP contribution in [0.4, 0.5) is 8.78 Å². The van der Waals surface area contributed by atoms with E-state index in [1.54, 1.807) is 0 Å². The van der Waals surface area contributed by atoms with Gasteiger partial charge in [-0.05, 0) is 56.8 Å². The number of halogens is 2. The lowest BCUT2D eigenvalue weighted by Gasteiger charge is -2.34. The highest BCUT2D eigenvalue weighted by Crippen LogP contribution is 2.23. The number of carbonyl (C=O) groups is 1. The summed E-state index contributed by atoms with van der Waals surface area (Å²) in [5.74, 6) is -0.459. The molecular formula is C19H28F2N2O. The number of likely N-dealkylation sites (tertiary alicyclic amines) is 1. The molecule has 0 saturated carbocycles. The lowest BCUT2D eigenvalue weighted by Crippen LogP contribution is -2.45. The second kappa shape index (κ2) is 9.11. The summed E-state index contributed by atoms with van der Waals surface area (Å²) >= 11 is 0. The number of piperidine rings is 1. The number of amides is 1. The molecule has 0 spiro atoms. The molecule has 1 aliphatic rings. The van der Waals surface area contributed by atoms with E-state index in [9.17, 15) is 13.6 Å². The maximum atomic E-state index is 13.7. The van der Waals surface area contributed by atoms with Gasteiger partial charge in [-0.15, -0.1) is 0 Å². The van der Waals surface area contributed by atoms with E-state index < -0.39 is 11.6 Å². The smallest absolute Gasteiger partial charge is 0.236 e. The summed E-state index contributed by atoms with van der Waals surface area (Å²) in [5.41, 5.74) is 0.170. The third kappa shape index (κ3) is 5.00. The van der Waals surface area contributed by atoms with Crippen LogP contribution in [-0.4, -0.2) is 48.4 Å². The van der Waals surface area contributed by atoms with E-state index in [2.05, 4.69) is 18.7 Å². The van der Waals surface area contributed by atoms with Gasteiger partial charge in [0.25, 0.3) is 0 Å². The van der Waals surface area contributed by atoms with Crippen molar-refractivity contribution in [3.8, 4) is 0 Å². The van der Waals surface area contributed by atoms with Gasteiger partial charge < -0.3 is 4.90 Å². The molecule has 24 heavy (non-hydrogen) atoms. The molecular weight excluding hydrogens is 310 g/mol. The van der Waals surface area contributed by atoms with E-state index in [4.69, 9.17) is 0 Å². The quantitative estimate of drug-likeness (QED) is 0.760. The largest absolute Gasteiger partial charge is 0.341 e. The van der Waals surface area contributed by atoms with Crippen LogP contribution in [0.1, 0.15) is 38.7 Å². The molecule has 0 N–H and O–H groups in total. The van der Waals surface area contributed by atoms with E-state index in [-0.39, 0.29) is 11.5 Å². The molecule has 1 aromatic rings. The van der Waals surface area contributed by atoms with Gasteiger partial charge in [0, 0.05) is 18.7 Å². The van der Waals surface area contributed by atoms with E-state index >= 15 is 0 Å². The molecule has 0 bridgehead atoms. The molecule has 1 atom stereocenters. The van der Waals surface area contributed by atoms with E-state index in [1.807, 2.05) is 4.90 Å². The summed E-state index contributed by atoms with van der Waals surface area (Å²) < 4.78 is 27.4. The van der Waals surface area contributed by atoms with Crippen LogP contribution in [0.2, 0.25) is 0 Å². The van der Waals surface area contributed by atoms with Crippen molar-refractivity contribution in [2.24, 2.45) is 5.92 Å². The normalized spacial score (nSPS) is 18.2. The fourth-order valence-electron chi connectivity index (χ4n) is 3.39. The molecule has 1 unspecified atom stereocenters. The van der Waals surface area contributed by atoms with E-state index in [0.29, 0.717) is 31.8 Å². The molecule has 1 heterocycles. The van der Waals surface area contributed by atoms with Crippen molar-refractivity contribution in [3.63, 3.8) is 0 Å². The Balaban J connectivity index is 1.88. The van der Waals surface area contributed by atoms with Crippen molar-refractivity contribution in [2.75, 3.05) is 32.7 Å². The van der Waals surface area contributed by atoms with Crippen LogP contribution in [0.15, 0.2) is 18.2 Å². The lowest BCUT2D eigenvalue weighted by atomic mass is 9.91. The molecule has 1 aliphatic heterocycles. The molecule has 1 amide bonds. The van der Waals surface area contributed by atoms with Gasteiger partial charge in [-0.25, -0.2) is 8.78 Å². The number of carbonyl (C=O) groups excluding carboxylic acids is 1. The van der Waals surface area contributed by atoms with Gasteiger partial charge in [0.05, 0.1) is 6.54 Å². The van der Waals surface area contributed by atoms with E-state index in [0.717, 1.165) is 32.5 Å². The summed E-state index contributed by atoms with van der Waals surface area (Å²) in [6.07, 6.45) is 3.09. The van der Waals surface area contributed by atoms with Crippen molar-refractivity contribution >= 4 is 5.91 Å². The Morgan fingerprint density at radius 1 is 1.25 bits per heavy atom. The Bertz CT molecular complexity index is 526. The monoisotopic (exact) mass is 338 g/mol. The van der Waals surface area contributed by atoms with Gasteiger partial charge in [0.15, 0.2) is 0 Å². The second-order valence-electron chi connectivity index (χ2n) is 6.55. The SMILES string of the molecule is CCN(CC)CC(=O)N1CCCC(CCc2c(F)cccc2F)C1. The average molecular weight is 338 g/mol. The van der Waals surface area contributed by atoms with Crippen molar-refractivity contribution in [1.82, 2.24) is 9.80 Å². The zero-order valence-corrected chi connectivity index (χ0v) is 14.7. The first-order valence-corrected chi connectivity index (χ1v) is 8.98. The molecule has 1 saturated heterocycles. The summed E-state index contributed by atoms with van der Waals surface area (Å²) in [6.45, 7) is 7.80. The predicted molar refractivity (Wildman–Crippen MR) is 91.8 cm³/mol. The van der Waals surface area contributed by atoms with Gasteiger partial charge in [-0.3, -0.25) is 9.69 Å². The van der Waals surface area contributed by atoms with Crippen molar-refractivity contribution in [2.45, 2.75) is 39.5 Å². The molecule has 0 aromatic heterocycles. The molecule has 1 fully saturated rings. The average Bonchev–Trinajstić information content (AvgIpc) is 2.59. The van der Waals surface area contributed by atoms with Gasteiger partial charge in [0.1, 0.15) is 11.6 Å². The minimum absolute atomic E-state index is 0.167. The number of rotatable bonds is 7. The number of likely N-dealkylation sites (N-methyl/N-ethyl adjacent to an activating group) is 1. The second-order valence-corrected chi connectivity index (χ2v) is 6.55. The maximum Gasteiger partial charge on any atom is 0.236 e. The maximum absolute atomic E-state index is 13.7. The van der Waals surface area contributed by atoms with Gasteiger partial charge in [-0.2, -0.15) is 0 Å². The standard InChI is InChI=1S/C19H28F2N2O/c1-3-22(4-2)14-19(24)23-12-6-7-15(13-23)10-11-16-17(20)8-5-9-18(16)21/h5,8-9,15H,3-4,6-7,10-14H2,1-2H3. The zero-order chi connectivity index (χ0) is 17.5. The summed E-state index contributed by atoms with van der Waals surface area (Å²) in [4.78, 5) is 16.5. The van der Waals surface area contributed by atoms with Crippen LogP contribution in [0.25, 0.3) is 0 Å². The molecule has 134 valence electrons. The zero-order valence-electron chi connectivity index (χ0n) is 14.7. The first kappa shape index (κ1) is 18.8. The topological polar surface area (TPSA) is 23.6 Å². The number of hydrogen-bond donors (Lipinski definition) is 0. The summed E-state index contributed by atoms with van der Waals surface area (Å²) in [5, 5.41) is 0. The highest BCUT2D eigenvalue weighted by molar-refractivity contribution is 5.78. The van der Waals surface area contributed by atoms with Gasteiger partial charge >= 0.3 is 0 Å². The van der Waals surface area contributed by atoms with Crippen molar-refractivity contribution in [3.05, 3.63) is 35.4 Å².